The Balaban J connectivity index is 2.97. The summed E-state index contributed by atoms with van der Waals surface area (Å²) in [5.74, 6) is -1.37. The van der Waals surface area contributed by atoms with Gasteiger partial charge in [-0.2, -0.15) is 0 Å². The number of hydrogen-bond donors (Lipinski definition) is 1. The van der Waals surface area contributed by atoms with E-state index in [0.717, 1.165) is 0 Å². The number of aliphatic carboxylic acids is 1. The quantitative estimate of drug-likeness (QED) is 0.573. The Morgan fingerprint density at radius 3 is 2.36 bits per heavy atom. The fourth-order valence-corrected chi connectivity index (χ4v) is 1.21. The molecule has 0 aromatic rings. The van der Waals surface area contributed by atoms with Crippen molar-refractivity contribution in [3.05, 3.63) is 11.6 Å². The summed E-state index contributed by atoms with van der Waals surface area (Å²) in [6, 6.07) is 0. The molecule has 0 radical (unpaired) electrons. The molecular formula is C8H10O3. The standard InChI is InChI=1S/C8H10O3/c1-8(2)3-5(7(10)11)6(9)4-8/h3H,4H2,1-2H3,(H,10,11). The Morgan fingerprint density at radius 2 is 2.18 bits per heavy atom. The van der Waals surface area contributed by atoms with E-state index in [2.05, 4.69) is 0 Å². The summed E-state index contributed by atoms with van der Waals surface area (Å²) in [6.45, 7) is 3.70. The van der Waals surface area contributed by atoms with E-state index in [0.29, 0.717) is 6.42 Å². The van der Waals surface area contributed by atoms with Crippen molar-refractivity contribution in [3.8, 4) is 0 Å². The first-order valence-corrected chi connectivity index (χ1v) is 3.42. The number of ketones is 1. The highest BCUT2D eigenvalue weighted by molar-refractivity contribution is 6.18. The molecule has 0 heterocycles. The molecule has 3 nitrogen and oxygen atoms in total. The van der Waals surface area contributed by atoms with E-state index >= 15 is 0 Å². The molecular weight excluding hydrogens is 144 g/mol. The molecule has 0 atom stereocenters. The lowest BCUT2D eigenvalue weighted by Crippen LogP contribution is -2.08. The van der Waals surface area contributed by atoms with Gasteiger partial charge >= 0.3 is 5.97 Å². The molecule has 0 saturated heterocycles. The highest BCUT2D eigenvalue weighted by Crippen LogP contribution is 2.32. The van der Waals surface area contributed by atoms with Crippen LogP contribution in [-0.2, 0) is 9.59 Å². The molecule has 0 amide bonds. The summed E-state index contributed by atoms with van der Waals surface area (Å²) in [5.41, 5.74) is -0.333. The summed E-state index contributed by atoms with van der Waals surface area (Å²) in [5, 5.41) is 8.53. The molecule has 0 aromatic carbocycles. The molecule has 1 rings (SSSR count). The van der Waals surface area contributed by atoms with Crippen LogP contribution in [0, 0.1) is 5.41 Å². The molecule has 1 N–H and O–H groups in total. The van der Waals surface area contributed by atoms with Gasteiger partial charge in [0.15, 0.2) is 5.78 Å². The van der Waals surface area contributed by atoms with E-state index in [1.807, 2.05) is 13.8 Å². The van der Waals surface area contributed by atoms with Crippen LogP contribution in [0.2, 0.25) is 0 Å². The normalized spacial score (nSPS) is 21.6. The Morgan fingerprint density at radius 1 is 1.64 bits per heavy atom. The van der Waals surface area contributed by atoms with Crippen molar-refractivity contribution in [2.75, 3.05) is 0 Å². The van der Waals surface area contributed by atoms with Gasteiger partial charge in [-0.15, -0.1) is 0 Å². The number of carbonyl (C=O) groups excluding carboxylic acids is 1. The first-order chi connectivity index (χ1) is 4.92. The van der Waals surface area contributed by atoms with Gasteiger partial charge in [-0.05, 0) is 5.41 Å². The van der Waals surface area contributed by atoms with E-state index in [-0.39, 0.29) is 16.8 Å². The minimum Gasteiger partial charge on any atom is -0.478 e. The van der Waals surface area contributed by atoms with Crippen molar-refractivity contribution >= 4 is 11.8 Å². The van der Waals surface area contributed by atoms with Crippen LogP contribution in [-0.4, -0.2) is 16.9 Å². The molecule has 0 bridgehead atoms. The first-order valence-electron chi connectivity index (χ1n) is 3.42. The number of carbonyl (C=O) groups is 2. The van der Waals surface area contributed by atoms with E-state index in [4.69, 9.17) is 5.11 Å². The van der Waals surface area contributed by atoms with Crippen LogP contribution in [0.4, 0.5) is 0 Å². The molecule has 1 aliphatic carbocycles. The van der Waals surface area contributed by atoms with Crippen LogP contribution in [0.15, 0.2) is 11.6 Å². The summed E-state index contributed by atoms with van der Waals surface area (Å²) in [4.78, 5) is 21.4. The largest absolute Gasteiger partial charge is 0.478 e. The first kappa shape index (κ1) is 7.98. The van der Waals surface area contributed by atoms with Gasteiger partial charge in [0.1, 0.15) is 0 Å². The van der Waals surface area contributed by atoms with E-state index < -0.39 is 5.97 Å². The third-order valence-corrected chi connectivity index (χ3v) is 1.68. The van der Waals surface area contributed by atoms with Crippen LogP contribution in [0.5, 0.6) is 0 Å². The maximum atomic E-state index is 11.0. The van der Waals surface area contributed by atoms with Crippen molar-refractivity contribution in [1.29, 1.82) is 0 Å². The molecule has 0 aliphatic heterocycles. The van der Waals surface area contributed by atoms with Gasteiger partial charge < -0.3 is 5.11 Å². The lowest BCUT2D eigenvalue weighted by atomic mass is 9.93. The predicted octanol–water partition coefficient (Wildman–Crippen LogP) is 0.996. The van der Waals surface area contributed by atoms with E-state index in [1.165, 1.54) is 6.08 Å². The lowest BCUT2D eigenvalue weighted by molar-refractivity contribution is -0.134. The van der Waals surface area contributed by atoms with Crippen LogP contribution in [0.25, 0.3) is 0 Å². The maximum absolute atomic E-state index is 11.0. The van der Waals surface area contributed by atoms with E-state index in [9.17, 15) is 9.59 Å². The second-order valence-corrected chi connectivity index (χ2v) is 3.45. The Hall–Kier alpha value is -1.12. The summed E-state index contributed by atoms with van der Waals surface area (Å²) in [6.07, 6.45) is 1.84. The average Bonchev–Trinajstić information content (AvgIpc) is 2.05. The fraction of sp³-hybridized carbons (Fsp3) is 0.500. The van der Waals surface area contributed by atoms with E-state index in [1.54, 1.807) is 0 Å². The molecule has 3 heteroatoms. The van der Waals surface area contributed by atoms with Crippen molar-refractivity contribution in [3.63, 3.8) is 0 Å². The number of carboxylic acid groups (broad SMARTS) is 1. The zero-order valence-electron chi connectivity index (χ0n) is 6.55. The Bertz CT molecular complexity index is 248. The third-order valence-electron chi connectivity index (χ3n) is 1.68. The zero-order valence-corrected chi connectivity index (χ0v) is 6.55. The molecule has 1 aliphatic rings. The summed E-state index contributed by atoms with van der Waals surface area (Å²) in [7, 11) is 0. The second kappa shape index (κ2) is 2.19. The fourth-order valence-electron chi connectivity index (χ4n) is 1.21. The second-order valence-electron chi connectivity index (χ2n) is 3.45. The number of carboxylic acids is 1. The van der Waals surface area contributed by atoms with Crippen LogP contribution in [0.1, 0.15) is 20.3 Å². The van der Waals surface area contributed by atoms with Gasteiger partial charge in [-0.25, -0.2) is 4.79 Å². The number of allylic oxidation sites excluding steroid dienone is 1. The predicted molar refractivity (Wildman–Crippen MR) is 39.1 cm³/mol. The monoisotopic (exact) mass is 154 g/mol. The highest BCUT2D eigenvalue weighted by Gasteiger charge is 2.33. The third kappa shape index (κ3) is 1.48. The minimum absolute atomic E-state index is 0.0602. The summed E-state index contributed by atoms with van der Waals surface area (Å²) >= 11 is 0. The van der Waals surface area contributed by atoms with Gasteiger partial charge in [-0.1, -0.05) is 19.9 Å². The molecule has 0 fully saturated rings. The average molecular weight is 154 g/mol. The van der Waals surface area contributed by atoms with Crippen molar-refractivity contribution in [2.45, 2.75) is 20.3 Å². The topological polar surface area (TPSA) is 54.4 Å². The van der Waals surface area contributed by atoms with Gasteiger partial charge in [-0.3, -0.25) is 4.79 Å². The van der Waals surface area contributed by atoms with Gasteiger partial charge in [0.2, 0.25) is 0 Å². The van der Waals surface area contributed by atoms with Crippen molar-refractivity contribution in [1.82, 2.24) is 0 Å². The number of rotatable bonds is 1. The Kier molecular flexibility index (Phi) is 1.59. The Labute approximate surface area is 64.7 Å². The molecule has 0 spiro atoms. The highest BCUT2D eigenvalue weighted by atomic mass is 16.4. The molecule has 0 unspecified atom stereocenters. The SMILES string of the molecule is CC1(C)C=C(C(=O)O)C(=O)C1. The van der Waals surface area contributed by atoms with Crippen LogP contribution >= 0.6 is 0 Å². The smallest absolute Gasteiger partial charge is 0.339 e. The summed E-state index contributed by atoms with van der Waals surface area (Å²) < 4.78 is 0. The number of hydrogen-bond acceptors (Lipinski definition) is 2. The molecule has 11 heavy (non-hydrogen) atoms. The molecule has 0 saturated carbocycles. The van der Waals surface area contributed by atoms with Crippen molar-refractivity contribution < 1.29 is 14.7 Å². The lowest BCUT2D eigenvalue weighted by Gasteiger charge is -2.10. The van der Waals surface area contributed by atoms with Gasteiger partial charge in [0.25, 0.3) is 0 Å². The zero-order chi connectivity index (χ0) is 8.65. The minimum atomic E-state index is -1.11. The van der Waals surface area contributed by atoms with Gasteiger partial charge in [0.05, 0.1) is 5.57 Å². The maximum Gasteiger partial charge on any atom is 0.339 e. The molecule has 0 aromatic heterocycles. The van der Waals surface area contributed by atoms with Crippen LogP contribution in [0.3, 0.4) is 0 Å². The number of Topliss-reactive ketones (excluding diaryl/α,β-unsaturated/α-hetero) is 1. The van der Waals surface area contributed by atoms with Crippen molar-refractivity contribution in [2.24, 2.45) is 5.41 Å². The van der Waals surface area contributed by atoms with Gasteiger partial charge in [0, 0.05) is 6.42 Å². The molecule has 60 valence electrons. The van der Waals surface area contributed by atoms with Crippen LogP contribution < -0.4 is 0 Å².